The van der Waals surface area contributed by atoms with E-state index in [2.05, 4.69) is 15.2 Å². The van der Waals surface area contributed by atoms with Crippen molar-refractivity contribution in [1.82, 2.24) is 19.9 Å². The van der Waals surface area contributed by atoms with E-state index in [1.807, 2.05) is 44.4 Å². The molecule has 6 nitrogen and oxygen atoms in total. The minimum atomic E-state index is 0.471. The number of anilines is 1. The first-order chi connectivity index (χ1) is 9.13. The van der Waals surface area contributed by atoms with Crippen LogP contribution in [-0.2, 0) is 7.05 Å². The summed E-state index contributed by atoms with van der Waals surface area (Å²) in [5, 5.41) is 8.18. The van der Waals surface area contributed by atoms with E-state index in [0.717, 1.165) is 11.1 Å². The zero-order valence-corrected chi connectivity index (χ0v) is 10.7. The van der Waals surface area contributed by atoms with Gasteiger partial charge >= 0.3 is 0 Å². The molecule has 0 aliphatic carbocycles. The number of nitrogens with two attached hydrogens (primary N) is 1. The molecule has 3 rings (SSSR count). The molecule has 0 atom stereocenters. The number of rotatable bonds is 2. The van der Waals surface area contributed by atoms with E-state index in [9.17, 15) is 0 Å². The number of nitrogens with zero attached hydrogens (tertiary/aromatic N) is 4. The molecule has 3 aromatic rings. The number of hydrogen-bond acceptors (Lipinski definition) is 5. The molecule has 6 heteroatoms. The van der Waals surface area contributed by atoms with Gasteiger partial charge in [0.25, 0.3) is 5.89 Å². The van der Waals surface area contributed by atoms with Crippen LogP contribution in [0.15, 0.2) is 35.0 Å². The molecule has 0 aliphatic rings. The van der Waals surface area contributed by atoms with Crippen molar-refractivity contribution in [2.45, 2.75) is 6.92 Å². The fourth-order valence-corrected chi connectivity index (χ4v) is 1.90. The molecule has 0 saturated heterocycles. The molecule has 0 radical (unpaired) electrons. The molecule has 0 fully saturated rings. The lowest BCUT2D eigenvalue weighted by atomic mass is 10.1. The molecule has 2 N–H and O–H groups in total. The molecule has 96 valence electrons. The van der Waals surface area contributed by atoms with Crippen molar-refractivity contribution in [1.29, 1.82) is 0 Å². The molecule has 0 unspecified atom stereocenters. The summed E-state index contributed by atoms with van der Waals surface area (Å²) in [6.07, 6.45) is 1.83. The van der Waals surface area contributed by atoms with E-state index in [1.54, 1.807) is 4.68 Å². The Morgan fingerprint density at radius 2 is 2.11 bits per heavy atom. The molecule has 0 bridgehead atoms. The van der Waals surface area contributed by atoms with Crippen LogP contribution in [0, 0.1) is 6.92 Å². The number of nitrogen functional groups attached to an aromatic ring is 1. The summed E-state index contributed by atoms with van der Waals surface area (Å²) in [7, 11) is 1.84. The van der Waals surface area contributed by atoms with Crippen LogP contribution in [0.5, 0.6) is 0 Å². The van der Waals surface area contributed by atoms with Crippen LogP contribution in [-0.4, -0.2) is 19.9 Å². The van der Waals surface area contributed by atoms with Crippen molar-refractivity contribution in [3.63, 3.8) is 0 Å². The second kappa shape index (κ2) is 4.24. The Morgan fingerprint density at radius 1 is 1.26 bits per heavy atom. The first-order valence-corrected chi connectivity index (χ1v) is 5.84. The Kier molecular flexibility index (Phi) is 2.56. The average Bonchev–Trinajstić information content (AvgIpc) is 2.97. The summed E-state index contributed by atoms with van der Waals surface area (Å²) in [5.74, 6) is 0.949. The normalized spacial score (nSPS) is 10.8. The molecule has 0 saturated carbocycles. The predicted molar refractivity (Wildman–Crippen MR) is 71.1 cm³/mol. The Labute approximate surface area is 109 Å². The summed E-state index contributed by atoms with van der Waals surface area (Å²) >= 11 is 0. The minimum absolute atomic E-state index is 0.471. The van der Waals surface area contributed by atoms with Crippen LogP contribution >= 0.6 is 0 Å². The van der Waals surface area contributed by atoms with Crippen LogP contribution in [0.25, 0.3) is 23.0 Å². The lowest BCUT2D eigenvalue weighted by Crippen LogP contribution is -1.90. The highest BCUT2D eigenvalue weighted by Gasteiger charge is 2.14. The number of aromatic nitrogens is 4. The van der Waals surface area contributed by atoms with Gasteiger partial charge in [-0.3, -0.25) is 4.68 Å². The third-order valence-electron chi connectivity index (χ3n) is 2.85. The molecule has 0 spiro atoms. The van der Waals surface area contributed by atoms with Crippen LogP contribution < -0.4 is 5.73 Å². The highest BCUT2D eigenvalue weighted by atomic mass is 16.5. The van der Waals surface area contributed by atoms with Crippen LogP contribution in [0.3, 0.4) is 0 Å². The summed E-state index contributed by atoms with van der Waals surface area (Å²) in [4.78, 5) is 4.36. The highest BCUT2D eigenvalue weighted by molar-refractivity contribution is 5.64. The van der Waals surface area contributed by atoms with Crippen LogP contribution in [0.4, 0.5) is 5.69 Å². The number of benzene rings is 1. The Morgan fingerprint density at radius 3 is 2.79 bits per heavy atom. The van der Waals surface area contributed by atoms with Crippen LogP contribution in [0.2, 0.25) is 0 Å². The second-order valence-corrected chi connectivity index (χ2v) is 4.37. The largest absolute Gasteiger partial charge is 0.399 e. The van der Waals surface area contributed by atoms with Gasteiger partial charge in [-0.15, -0.1) is 0 Å². The number of hydrogen-bond donors (Lipinski definition) is 1. The molecule has 0 aliphatic heterocycles. The van der Waals surface area contributed by atoms with Crippen molar-refractivity contribution >= 4 is 5.69 Å². The molecule has 2 aromatic heterocycles. The van der Waals surface area contributed by atoms with Gasteiger partial charge in [0, 0.05) is 24.5 Å². The lowest BCUT2D eigenvalue weighted by Gasteiger charge is -2.00. The van der Waals surface area contributed by atoms with Gasteiger partial charge in [0.1, 0.15) is 5.69 Å². The highest BCUT2D eigenvalue weighted by Crippen LogP contribution is 2.25. The zero-order chi connectivity index (χ0) is 13.4. The molecule has 2 heterocycles. The maximum Gasteiger partial charge on any atom is 0.258 e. The van der Waals surface area contributed by atoms with Gasteiger partial charge in [0.15, 0.2) is 0 Å². The van der Waals surface area contributed by atoms with E-state index < -0.39 is 0 Å². The Hall–Kier alpha value is -2.63. The smallest absolute Gasteiger partial charge is 0.258 e. The third-order valence-corrected chi connectivity index (χ3v) is 2.85. The monoisotopic (exact) mass is 255 g/mol. The summed E-state index contributed by atoms with van der Waals surface area (Å²) < 4.78 is 6.98. The van der Waals surface area contributed by atoms with Gasteiger partial charge in [0.05, 0.1) is 0 Å². The van der Waals surface area contributed by atoms with Crippen molar-refractivity contribution in [2.75, 3.05) is 5.73 Å². The lowest BCUT2D eigenvalue weighted by molar-refractivity contribution is 0.432. The van der Waals surface area contributed by atoms with Crippen molar-refractivity contribution in [3.05, 3.63) is 36.0 Å². The average molecular weight is 255 g/mol. The molecule has 1 aromatic carbocycles. The SMILES string of the molecule is Cc1cc(N)ccc1-c1nc(-c2ccn(C)n2)no1. The third kappa shape index (κ3) is 2.08. The number of aryl methyl sites for hydroxylation is 2. The fraction of sp³-hybridized carbons (Fsp3) is 0.154. The molecule has 0 amide bonds. The topological polar surface area (TPSA) is 82.8 Å². The predicted octanol–water partition coefficient (Wildman–Crippen LogP) is 2.03. The maximum atomic E-state index is 5.73. The minimum Gasteiger partial charge on any atom is -0.399 e. The first kappa shape index (κ1) is 11.5. The zero-order valence-electron chi connectivity index (χ0n) is 10.7. The van der Waals surface area contributed by atoms with Gasteiger partial charge in [-0.1, -0.05) is 5.16 Å². The second-order valence-electron chi connectivity index (χ2n) is 4.37. The van der Waals surface area contributed by atoms with Gasteiger partial charge in [-0.2, -0.15) is 10.1 Å². The van der Waals surface area contributed by atoms with Gasteiger partial charge in [0.2, 0.25) is 5.82 Å². The van der Waals surface area contributed by atoms with Gasteiger partial charge in [-0.25, -0.2) is 0 Å². The molecular weight excluding hydrogens is 242 g/mol. The van der Waals surface area contributed by atoms with Crippen molar-refractivity contribution < 1.29 is 4.52 Å². The Balaban J connectivity index is 2.01. The van der Waals surface area contributed by atoms with E-state index in [1.165, 1.54) is 0 Å². The summed E-state index contributed by atoms with van der Waals surface area (Å²) in [6, 6.07) is 7.40. The van der Waals surface area contributed by atoms with Gasteiger partial charge in [-0.05, 0) is 36.8 Å². The van der Waals surface area contributed by atoms with E-state index in [4.69, 9.17) is 10.3 Å². The maximum absolute atomic E-state index is 5.73. The molecular formula is C13H13N5O. The van der Waals surface area contributed by atoms with E-state index in [-0.39, 0.29) is 0 Å². The van der Waals surface area contributed by atoms with E-state index in [0.29, 0.717) is 23.1 Å². The first-order valence-electron chi connectivity index (χ1n) is 5.84. The van der Waals surface area contributed by atoms with Crippen molar-refractivity contribution in [3.8, 4) is 23.0 Å². The quantitative estimate of drug-likeness (QED) is 0.708. The van der Waals surface area contributed by atoms with E-state index >= 15 is 0 Å². The molecule has 19 heavy (non-hydrogen) atoms. The standard InChI is InChI=1S/C13H13N5O/c1-8-7-9(14)3-4-10(8)13-15-12(17-19-13)11-5-6-18(2)16-11/h3-7H,14H2,1-2H3. The Bertz CT molecular complexity index is 728. The summed E-state index contributed by atoms with van der Waals surface area (Å²) in [6.45, 7) is 1.95. The van der Waals surface area contributed by atoms with Crippen molar-refractivity contribution in [2.24, 2.45) is 7.05 Å². The fourth-order valence-electron chi connectivity index (χ4n) is 1.90. The van der Waals surface area contributed by atoms with Crippen LogP contribution in [0.1, 0.15) is 5.56 Å². The summed E-state index contributed by atoms with van der Waals surface area (Å²) in [5.41, 5.74) is 9.00. The van der Waals surface area contributed by atoms with Gasteiger partial charge < -0.3 is 10.3 Å².